The molecule has 0 aromatic heterocycles. The van der Waals surface area contributed by atoms with Crippen molar-refractivity contribution in [1.29, 1.82) is 0 Å². The normalized spacial score (nSPS) is 27.4. The molecule has 3 aromatic carbocycles. The molecule has 0 spiro atoms. The summed E-state index contributed by atoms with van der Waals surface area (Å²) in [4.78, 5) is 13.0. The molecule has 6 rings (SSSR count). The van der Waals surface area contributed by atoms with Crippen LogP contribution in [-0.4, -0.2) is 5.91 Å². The highest BCUT2D eigenvalue weighted by atomic mass is 35.5. The van der Waals surface area contributed by atoms with Crippen molar-refractivity contribution in [2.24, 2.45) is 17.8 Å². The lowest BCUT2D eigenvalue weighted by Gasteiger charge is -2.43. The molecule has 1 aliphatic heterocycles. The van der Waals surface area contributed by atoms with Crippen LogP contribution in [0, 0.1) is 17.8 Å². The number of anilines is 2. The fourth-order valence-electron chi connectivity index (χ4n) is 6.39. The van der Waals surface area contributed by atoms with E-state index in [1.54, 1.807) is 18.2 Å². The average molecular weight is 463 g/mol. The van der Waals surface area contributed by atoms with E-state index in [0.29, 0.717) is 45.1 Å². The van der Waals surface area contributed by atoms with Crippen molar-refractivity contribution in [3.8, 4) is 0 Å². The summed E-state index contributed by atoms with van der Waals surface area (Å²) in [5.41, 5.74) is 5.15. The number of amides is 1. The molecule has 5 heteroatoms. The summed E-state index contributed by atoms with van der Waals surface area (Å²) < 4.78 is 0. The zero-order valence-electron chi connectivity index (χ0n) is 17.5. The van der Waals surface area contributed by atoms with E-state index in [1.165, 1.54) is 36.1 Å². The summed E-state index contributed by atoms with van der Waals surface area (Å²) in [6, 6.07) is 22.4. The molecule has 3 nitrogen and oxygen atoms in total. The smallest absolute Gasteiger partial charge is 0.255 e. The van der Waals surface area contributed by atoms with Crippen LogP contribution in [-0.2, 0) is 0 Å². The molecule has 5 atom stereocenters. The highest BCUT2D eigenvalue weighted by Gasteiger charge is 2.53. The molecule has 2 saturated carbocycles. The monoisotopic (exact) mass is 462 g/mol. The lowest BCUT2D eigenvalue weighted by atomic mass is 9.68. The Labute approximate surface area is 198 Å². The van der Waals surface area contributed by atoms with Crippen molar-refractivity contribution in [2.45, 2.75) is 31.2 Å². The molecular weight excluding hydrogens is 439 g/mol. The number of hydrogen-bond acceptors (Lipinski definition) is 2. The lowest BCUT2D eigenvalue weighted by molar-refractivity contribution is 0.102. The quantitative estimate of drug-likeness (QED) is 0.421. The van der Waals surface area contributed by atoms with E-state index in [1.807, 2.05) is 6.07 Å². The summed E-state index contributed by atoms with van der Waals surface area (Å²) in [6.45, 7) is 0. The second kappa shape index (κ2) is 7.83. The molecule has 2 bridgehead atoms. The zero-order chi connectivity index (χ0) is 21.8. The third-order valence-corrected chi connectivity index (χ3v) is 8.42. The van der Waals surface area contributed by atoms with Crippen molar-refractivity contribution < 1.29 is 4.79 Å². The molecule has 32 heavy (non-hydrogen) atoms. The first kappa shape index (κ1) is 20.1. The van der Waals surface area contributed by atoms with Crippen LogP contribution in [0.2, 0.25) is 10.0 Å². The van der Waals surface area contributed by atoms with E-state index < -0.39 is 0 Å². The van der Waals surface area contributed by atoms with Crippen LogP contribution in [0.15, 0.2) is 66.7 Å². The molecular formula is C27H24Cl2N2O. The van der Waals surface area contributed by atoms with Crippen molar-refractivity contribution >= 4 is 40.5 Å². The Morgan fingerprint density at radius 1 is 0.906 bits per heavy atom. The Bertz CT molecular complexity index is 1200. The lowest BCUT2D eigenvalue weighted by Crippen LogP contribution is -2.35. The first-order valence-electron chi connectivity index (χ1n) is 11.3. The van der Waals surface area contributed by atoms with Gasteiger partial charge in [0.05, 0.1) is 16.1 Å². The maximum Gasteiger partial charge on any atom is 0.255 e. The maximum atomic E-state index is 13.0. The Kier molecular flexibility index (Phi) is 4.93. The molecule has 2 aliphatic carbocycles. The van der Waals surface area contributed by atoms with Gasteiger partial charge in [0.1, 0.15) is 0 Å². The molecule has 0 saturated heterocycles. The third-order valence-electron chi connectivity index (χ3n) is 7.69. The minimum atomic E-state index is -0.129. The number of fused-ring (bicyclic) bond motifs is 7. The molecule has 2 fully saturated rings. The molecule has 0 radical (unpaired) electrons. The zero-order valence-corrected chi connectivity index (χ0v) is 19.0. The van der Waals surface area contributed by atoms with Gasteiger partial charge in [-0.3, -0.25) is 4.79 Å². The van der Waals surface area contributed by atoms with E-state index >= 15 is 0 Å². The number of halogens is 2. The number of nitrogens with one attached hydrogen (secondary N) is 2. The van der Waals surface area contributed by atoms with Crippen LogP contribution >= 0.6 is 23.2 Å². The van der Waals surface area contributed by atoms with E-state index in [9.17, 15) is 4.79 Å². The van der Waals surface area contributed by atoms with Gasteiger partial charge in [0.2, 0.25) is 0 Å². The fourth-order valence-corrected chi connectivity index (χ4v) is 6.69. The van der Waals surface area contributed by atoms with Crippen molar-refractivity contribution in [1.82, 2.24) is 0 Å². The summed E-state index contributed by atoms with van der Waals surface area (Å²) >= 11 is 12.1. The van der Waals surface area contributed by atoms with Crippen LogP contribution in [0.3, 0.4) is 0 Å². The standard InChI is InChI=1S/C27H24Cl2N2O/c28-21-10-9-19(14-22(21)29)30-27(32)18-8-11-23-20(13-18)24-16-6-7-17(12-16)25(24)26(31-23)15-4-2-1-3-5-15/h1-5,8-11,13-14,16-17,24-26,31H,6-7,12H2,(H,30,32)/t16-,17-,24-,25+,26+/m0/s1. The minimum Gasteiger partial charge on any atom is -0.378 e. The number of carbonyl (C=O) groups excluding carboxylic acids is 1. The van der Waals surface area contributed by atoms with Gasteiger partial charge in [-0.05, 0) is 90.5 Å². The summed E-state index contributed by atoms with van der Waals surface area (Å²) in [7, 11) is 0. The van der Waals surface area contributed by atoms with Crippen molar-refractivity contribution in [3.63, 3.8) is 0 Å². The van der Waals surface area contributed by atoms with Crippen LogP contribution in [0.4, 0.5) is 11.4 Å². The van der Waals surface area contributed by atoms with E-state index in [2.05, 4.69) is 53.1 Å². The van der Waals surface area contributed by atoms with E-state index in [-0.39, 0.29) is 5.91 Å². The Hall–Kier alpha value is -2.49. The number of benzene rings is 3. The topological polar surface area (TPSA) is 41.1 Å². The number of carbonyl (C=O) groups is 1. The average Bonchev–Trinajstić information content (AvgIpc) is 3.44. The molecule has 162 valence electrons. The highest BCUT2D eigenvalue weighted by molar-refractivity contribution is 6.42. The first-order chi connectivity index (χ1) is 15.6. The van der Waals surface area contributed by atoms with Crippen molar-refractivity contribution in [2.75, 3.05) is 10.6 Å². The largest absolute Gasteiger partial charge is 0.378 e. The summed E-state index contributed by atoms with van der Waals surface area (Å²) in [5.74, 6) is 2.43. The van der Waals surface area contributed by atoms with Crippen LogP contribution in [0.25, 0.3) is 0 Å². The fraction of sp³-hybridized carbons (Fsp3) is 0.296. The van der Waals surface area contributed by atoms with Gasteiger partial charge < -0.3 is 10.6 Å². The molecule has 3 aliphatic rings. The first-order valence-corrected chi connectivity index (χ1v) is 12.1. The molecule has 2 N–H and O–H groups in total. The molecule has 0 unspecified atom stereocenters. The van der Waals surface area contributed by atoms with Gasteiger partial charge in [-0.1, -0.05) is 53.5 Å². The maximum absolute atomic E-state index is 13.0. The predicted molar refractivity (Wildman–Crippen MR) is 131 cm³/mol. The van der Waals surface area contributed by atoms with E-state index in [0.717, 1.165) is 5.92 Å². The highest BCUT2D eigenvalue weighted by Crippen LogP contribution is 2.63. The number of rotatable bonds is 3. The van der Waals surface area contributed by atoms with Crippen LogP contribution < -0.4 is 10.6 Å². The van der Waals surface area contributed by atoms with Crippen LogP contribution in [0.5, 0.6) is 0 Å². The number of hydrogen-bond donors (Lipinski definition) is 2. The van der Waals surface area contributed by atoms with Gasteiger partial charge >= 0.3 is 0 Å². The Balaban J connectivity index is 1.34. The van der Waals surface area contributed by atoms with Gasteiger partial charge in [-0.15, -0.1) is 0 Å². The third kappa shape index (κ3) is 3.30. The second-order valence-electron chi connectivity index (χ2n) is 9.35. The SMILES string of the molecule is O=C(Nc1ccc(Cl)c(Cl)c1)c1ccc2c(c1)[C@@H]1[C@H]3CC[C@@H](C3)[C@H]1[C@@H](c1ccccc1)N2. The Morgan fingerprint density at radius 3 is 2.53 bits per heavy atom. The predicted octanol–water partition coefficient (Wildman–Crippen LogP) is 7.54. The Morgan fingerprint density at radius 2 is 1.72 bits per heavy atom. The van der Waals surface area contributed by atoms with Crippen molar-refractivity contribution in [3.05, 3.63) is 93.5 Å². The molecule has 1 amide bonds. The van der Waals surface area contributed by atoms with Gasteiger partial charge in [0, 0.05) is 16.9 Å². The van der Waals surface area contributed by atoms with Gasteiger partial charge in [-0.25, -0.2) is 0 Å². The van der Waals surface area contributed by atoms with Gasteiger partial charge in [0.25, 0.3) is 5.91 Å². The molecule has 3 aromatic rings. The second-order valence-corrected chi connectivity index (χ2v) is 10.2. The minimum absolute atomic E-state index is 0.129. The van der Waals surface area contributed by atoms with Gasteiger partial charge in [-0.2, -0.15) is 0 Å². The van der Waals surface area contributed by atoms with Gasteiger partial charge in [0.15, 0.2) is 0 Å². The molecule has 1 heterocycles. The van der Waals surface area contributed by atoms with E-state index in [4.69, 9.17) is 23.2 Å². The summed E-state index contributed by atoms with van der Waals surface area (Å²) in [6.07, 6.45) is 3.93. The van der Waals surface area contributed by atoms with Crippen LogP contribution in [0.1, 0.15) is 52.7 Å². The summed E-state index contributed by atoms with van der Waals surface area (Å²) in [5, 5.41) is 7.69.